The lowest BCUT2D eigenvalue weighted by molar-refractivity contribution is 0.141. The van der Waals surface area contributed by atoms with E-state index < -0.39 is 0 Å². The Kier molecular flexibility index (Phi) is 5.87. The number of nitrogens with zero attached hydrogens (tertiary/aromatic N) is 3. The average Bonchev–Trinajstić information content (AvgIpc) is 3.52. The van der Waals surface area contributed by atoms with Gasteiger partial charge in [0.1, 0.15) is 0 Å². The summed E-state index contributed by atoms with van der Waals surface area (Å²) < 4.78 is 0. The lowest BCUT2D eigenvalue weighted by atomic mass is 9.99. The van der Waals surface area contributed by atoms with E-state index in [0.29, 0.717) is 0 Å². The Morgan fingerprint density at radius 1 is 1.00 bits per heavy atom. The van der Waals surface area contributed by atoms with Crippen molar-refractivity contribution in [1.29, 1.82) is 0 Å². The summed E-state index contributed by atoms with van der Waals surface area (Å²) in [5.74, 6) is 0. The normalized spacial score (nSPS) is 21.5. The summed E-state index contributed by atoms with van der Waals surface area (Å²) in [5.41, 5.74) is 5.65. The minimum Gasteiger partial charge on any atom is -0.371 e. The van der Waals surface area contributed by atoms with Crippen LogP contribution in [0, 0.1) is 0 Å². The monoisotopic (exact) mass is 458 g/mol. The highest BCUT2D eigenvalue weighted by Crippen LogP contribution is 2.35. The van der Waals surface area contributed by atoms with Gasteiger partial charge < -0.3 is 20.4 Å². The SMILES string of the molecule is O=C(Nc1cccc2[nH]ncc12)NC1CCc2cc(N3CCC(N4CCCCC4)CC3)ccc21. The summed E-state index contributed by atoms with van der Waals surface area (Å²) in [7, 11) is 0. The van der Waals surface area contributed by atoms with Crippen LogP contribution in [0.3, 0.4) is 0 Å². The standard InChI is InChI=1S/C27H34N6O/c34-27(29-24-5-4-6-26-23(24)18-28-31-26)30-25-10-7-19-17-21(8-9-22(19)25)33-15-11-20(12-16-33)32-13-2-1-3-14-32/h4-6,8-9,17-18,20,25H,1-3,7,10-16H2,(H,28,31)(H2,29,30,34). The summed E-state index contributed by atoms with van der Waals surface area (Å²) in [6, 6.07) is 13.3. The van der Waals surface area contributed by atoms with Crippen molar-refractivity contribution in [2.45, 2.75) is 57.0 Å². The van der Waals surface area contributed by atoms with Crippen LogP contribution in [0.5, 0.6) is 0 Å². The minimum absolute atomic E-state index is 0.0532. The molecule has 0 saturated carbocycles. The van der Waals surface area contributed by atoms with Crippen molar-refractivity contribution in [1.82, 2.24) is 20.4 Å². The molecular weight excluding hydrogens is 424 g/mol. The molecule has 3 aliphatic rings. The molecule has 3 heterocycles. The molecule has 7 heteroatoms. The van der Waals surface area contributed by atoms with Crippen molar-refractivity contribution in [3.8, 4) is 0 Å². The number of H-pyrrole nitrogens is 1. The predicted octanol–water partition coefficient (Wildman–Crippen LogP) is 4.83. The smallest absolute Gasteiger partial charge is 0.319 e. The van der Waals surface area contributed by atoms with Crippen molar-refractivity contribution in [2.75, 3.05) is 36.4 Å². The maximum absolute atomic E-state index is 12.8. The van der Waals surface area contributed by atoms with Gasteiger partial charge in [-0.3, -0.25) is 5.10 Å². The number of amides is 2. The third kappa shape index (κ3) is 4.25. The number of benzene rings is 2. The van der Waals surface area contributed by atoms with E-state index in [4.69, 9.17) is 0 Å². The fraction of sp³-hybridized carbons (Fsp3) is 0.481. The molecule has 2 aliphatic heterocycles. The molecule has 7 nitrogen and oxygen atoms in total. The Morgan fingerprint density at radius 3 is 2.71 bits per heavy atom. The molecule has 178 valence electrons. The first kappa shape index (κ1) is 21.5. The molecule has 3 aromatic rings. The topological polar surface area (TPSA) is 76.3 Å². The average molecular weight is 459 g/mol. The number of aromatic nitrogens is 2. The van der Waals surface area contributed by atoms with Crippen LogP contribution < -0.4 is 15.5 Å². The zero-order chi connectivity index (χ0) is 22.9. The van der Waals surface area contributed by atoms with Gasteiger partial charge in [-0.05, 0) is 87.0 Å². The number of hydrogen-bond donors (Lipinski definition) is 3. The zero-order valence-corrected chi connectivity index (χ0v) is 19.7. The molecule has 1 aromatic heterocycles. The minimum atomic E-state index is -0.171. The van der Waals surface area contributed by atoms with Crippen LogP contribution in [0.25, 0.3) is 10.9 Å². The molecule has 0 radical (unpaired) electrons. The Balaban J connectivity index is 1.07. The lowest BCUT2D eigenvalue weighted by Gasteiger charge is -2.41. The second kappa shape index (κ2) is 9.29. The molecule has 2 fully saturated rings. The summed E-state index contributed by atoms with van der Waals surface area (Å²) in [5, 5.41) is 14.1. The number of urea groups is 1. The largest absolute Gasteiger partial charge is 0.371 e. The maximum atomic E-state index is 12.8. The number of fused-ring (bicyclic) bond motifs is 2. The van der Waals surface area contributed by atoms with Crippen LogP contribution >= 0.6 is 0 Å². The van der Waals surface area contributed by atoms with Gasteiger partial charge in [0.2, 0.25) is 0 Å². The van der Waals surface area contributed by atoms with Crippen LogP contribution in [0.2, 0.25) is 0 Å². The molecule has 0 bridgehead atoms. The van der Waals surface area contributed by atoms with Gasteiger partial charge in [-0.1, -0.05) is 18.6 Å². The molecular formula is C27H34N6O. The Bertz CT molecular complexity index is 1160. The summed E-state index contributed by atoms with van der Waals surface area (Å²) in [6.07, 6.45) is 10.4. The van der Waals surface area contributed by atoms with Gasteiger partial charge >= 0.3 is 6.03 Å². The molecule has 2 aromatic carbocycles. The van der Waals surface area contributed by atoms with Crippen LogP contribution in [0.15, 0.2) is 42.6 Å². The van der Waals surface area contributed by atoms with E-state index >= 15 is 0 Å². The highest BCUT2D eigenvalue weighted by atomic mass is 16.2. The first-order valence-corrected chi connectivity index (χ1v) is 12.9. The number of anilines is 2. The van der Waals surface area contributed by atoms with E-state index in [-0.39, 0.29) is 12.1 Å². The fourth-order valence-electron chi connectivity index (χ4n) is 6.12. The van der Waals surface area contributed by atoms with E-state index in [1.807, 2.05) is 18.2 Å². The molecule has 2 saturated heterocycles. The Hall–Kier alpha value is -3.06. The number of aryl methyl sites for hydroxylation is 1. The predicted molar refractivity (Wildman–Crippen MR) is 136 cm³/mol. The zero-order valence-electron chi connectivity index (χ0n) is 19.7. The van der Waals surface area contributed by atoms with E-state index in [1.54, 1.807) is 6.20 Å². The summed E-state index contributed by atoms with van der Waals surface area (Å²) >= 11 is 0. The van der Waals surface area contributed by atoms with E-state index in [0.717, 1.165) is 48.6 Å². The first-order chi connectivity index (χ1) is 16.7. The van der Waals surface area contributed by atoms with Crippen LogP contribution in [0.1, 0.15) is 55.7 Å². The fourth-order valence-corrected chi connectivity index (χ4v) is 6.12. The summed E-state index contributed by atoms with van der Waals surface area (Å²) in [6.45, 7) is 4.87. The molecule has 1 atom stereocenters. The van der Waals surface area contributed by atoms with Crippen LogP contribution in [-0.4, -0.2) is 53.3 Å². The number of hydrogen-bond acceptors (Lipinski definition) is 4. The van der Waals surface area contributed by atoms with Gasteiger partial charge in [-0.2, -0.15) is 5.10 Å². The number of nitrogens with one attached hydrogen (secondary N) is 3. The molecule has 34 heavy (non-hydrogen) atoms. The van der Waals surface area contributed by atoms with Crippen LogP contribution in [0.4, 0.5) is 16.2 Å². The third-order valence-electron chi connectivity index (χ3n) is 7.98. The molecule has 1 unspecified atom stereocenters. The second-order valence-corrected chi connectivity index (χ2v) is 10.0. The number of aromatic amines is 1. The lowest BCUT2D eigenvalue weighted by Crippen LogP contribution is -2.46. The van der Waals surface area contributed by atoms with E-state index in [1.165, 1.54) is 62.0 Å². The number of likely N-dealkylation sites (tertiary alicyclic amines) is 1. The number of carbonyl (C=O) groups excluding carboxylic acids is 1. The molecule has 2 amide bonds. The van der Waals surface area contributed by atoms with Gasteiger partial charge in [0, 0.05) is 30.2 Å². The molecule has 6 rings (SSSR count). The first-order valence-electron chi connectivity index (χ1n) is 12.9. The van der Waals surface area contributed by atoms with Crippen LogP contribution in [-0.2, 0) is 6.42 Å². The van der Waals surface area contributed by atoms with Crippen molar-refractivity contribution in [3.05, 3.63) is 53.7 Å². The van der Waals surface area contributed by atoms with Crippen molar-refractivity contribution < 1.29 is 4.79 Å². The van der Waals surface area contributed by atoms with Gasteiger partial charge in [-0.15, -0.1) is 0 Å². The maximum Gasteiger partial charge on any atom is 0.319 e. The third-order valence-corrected chi connectivity index (χ3v) is 7.98. The number of rotatable bonds is 4. The van der Waals surface area contributed by atoms with Gasteiger partial charge in [0.05, 0.1) is 23.4 Å². The quantitative estimate of drug-likeness (QED) is 0.524. The van der Waals surface area contributed by atoms with E-state index in [2.05, 4.69) is 48.8 Å². The Morgan fingerprint density at radius 2 is 1.85 bits per heavy atom. The summed E-state index contributed by atoms with van der Waals surface area (Å²) in [4.78, 5) is 18.0. The van der Waals surface area contributed by atoms with Crippen molar-refractivity contribution >= 4 is 28.3 Å². The second-order valence-electron chi connectivity index (χ2n) is 10.0. The molecule has 0 spiro atoms. The van der Waals surface area contributed by atoms with Gasteiger partial charge in [-0.25, -0.2) is 4.79 Å². The molecule has 1 aliphatic carbocycles. The van der Waals surface area contributed by atoms with Gasteiger partial charge in [0.25, 0.3) is 0 Å². The Labute approximate surface area is 200 Å². The highest BCUT2D eigenvalue weighted by molar-refractivity contribution is 6.00. The molecule has 3 N–H and O–H groups in total. The van der Waals surface area contributed by atoms with Crippen molar-refractivity contribution in [3.63, 3.8) is 0 Å². The number of carbonyl (C=O) groups is 1. The van der Waals surface area contributed by atoms with Gasteiger partial charge in [0.15, 0.2) is 0 Å². The van der Waals surface area contributed by atoms with E-state index in [9.17, 15) is 4.79 Å². The van der Waals surface area contributed by atoms with Crippen molar-refractivity contribution in [2.24, 2.45) is 0 Å². The highest BCUT2D eigenvalue weighted by Gasteiger charge is 2.28. The number of piperidine rings is 2.